The van der Waals surface area contributed by atoms with Crippen molar-refractivity contribution in [2.45, 2.75) is 25.9 Å². The Labute approximate surface area is 141 Å². The summed E-state index contributed by atoms with van der Waals surface area (Å²) in [4.78, 5) is 17.9. The fourth-order valence-corrected chi connectivity index (χ4v) is 2.16. The molecule has 0 bridgehead atoms. The monoisotopic (exact) mass is 329 g/mol. The summed E-state index contributed by atoms with van der Waals surface area (Å²) in [6, 6.07) is 0. The third-order valence-electron chi connectivity index (χ3n) is 3.38. The van der Waals surface area contributed by atoms with E-state index in [1.165, 1.54) is 0 Å². The summed E-state index contributed by atoms with van der Waals surface area (Å²) in [5.41, 5.74) is 0.353. The van der Waals surface area contributed by atoms with Gasteiger partial charge >= 0.3 is 5.97 Å². The Morgan fingerprint density at radius 2 is 1.52 bits per heavy atom. The number of aliphatic hydroxyl groups is 1. The van der Waals surface area contributed by atoms with Crippen LogP contribution in [0.2, 0.25) is 0 Å². The second kappa shape index (κ2) is 12.5. The van der Waals surface area contributed by atoms with Crippen LogP contribution in [0, 0.1) is 0 Å². The topological polar surface area (TPSA) is 56.3 Å². The Balaban J connectivity index is 4.24. The van der Waals surface area contributed by atoms with E-state index in [1.807, 2.05) is 0 Å². The molecule has 0 aliphatic heterocycles. The van der Waals surface area contributed by atoms with Gasteiger partial charge in [-0.1, -0.05) is 6.58 Å². The molecular weight excluding hydrogens is 294 g/mol. The first kappa shape index (κ1) is 22.1. The molecule has 0 radical (unpaired) electrons. The van der Waals surface area contributed by atoms with Crippen molar-refractivity contribution in [3.8, 4) is 0 Å². The minimum absolute atomic E-state index is 0.0174. The normalized spacial score (nSPS) is 12.9. The molecule has 136 valence electrons. The molecule has 0 rings (SSSR count). The van der Waals surface area contributed by atoms with Crippen LogP contribution in [0.1, 0.15) is 19.8 Å². The van der Waals surface area contributed by atoms with Crippen LogP contribution in [-0.4, -0.2) is 99.4 Å². The Bertz CT molecular complexity index is 332. The van der Waals surface area contributed by atoms with Crippen LogP contribution >= 0.6 is 0 Å². The van der Waals surface area contributed by atoms with Gasteiger partial charge in [0.2, 0.25) is 0 Å². The van der Waals surface area contributed by atoms with Crippen molar-refractivity contribution in [3.05, 3.63) is 12.2 Å². The summed E-state index contributed by atoms with van der Waals surface area (Å²) < 4.78 is 5.02. The molecule has 23 heavy (non-hydrogen) atoms. The second-order valence-electron chi connectivity index (χ2n) is 6.65. The summed E-state index contributed by atoms with van der Waals surface area (Å²) in [7, 11) is 8.23. The highest BCUT2D eigenvalue weighted by Gasteiger charge is 2.14. The van der Waals surface area contributed by atoms with Gasteiger partial charge in [-0.15, -0.1) is 0 Å². The van der Waals surface area contributed by atoms with Gasteiger partial charge in [0.25, 0.3) is 0 Å². The average molecular weight is 329 g/mol. The fraction of sp³-hybridized carbons (Fsp3) is 0.824. The highest BCUT2D eigenvalue weighted by molar-refractivity contribution is 5.86. The lowest BCUT2D eigenvalue weighted by atomic mass is 10.2. The molecule has 0 aromatic heterocycles. The van der Waals surface area contributed by atoms with E-state index in [4.69, 9.17) is 4.74 Å². The maximum absolute atomic E-state index is 11.4. The second-order valence-corrected chi connectivity index (χ2v) is 6.65. The minimum Gasteiger partial charge on any atom is -0.460 e. The molecule has 0 aliphatic carbocycles. The summed E-state index contributed by atoms with van der Waals surface area (Å²) in [6.45, 7) is 9.56. The van der Waals surface area contributed by atoms with Gasteiger partial charge in [-0.3, -0.25) is 0 Å². The number of carbonyl (C=O) groups is 1. The Morgan fingerprint density at radius 1 is 1.04 bits per heavy atom. The fourth-order valence-electron chi connectivity index (χ4n) is 2.16. The Hall–Kier alpha value is -0.950. The van der Waals surface area contributed by atoms with Crippen LogP contribution in [0.3, 0.4) is 0 Å². The Kier molecular flexibility index (Phi) is 12.0. The molecule has 6 nitrogen and oxygen atoms in total. The van der Waals surface area contributed by atoms with E-state index in [2.05, 4.69) is 49.5 Å². The van der Waals surface area contributed by atoms with E-state index in [9.17, 15) is 9.90 Å². The zero-order valence-corrected chi connectivity index (χ0v) is 15.5. The maximum Gasteiger partial charge on any atom is 0.333 e. The molecule has 1 unspecified atom stereocenters. The molecule has 0 aromatic carbocycles. The number of nitrogens with zero attached hydrogens (tertiary/aromatic N) is 3. The quantitative estimate of drug-likeness (QED) is 0.396. The molecule has 0 spiro atoms. The molecule has 1 atom stereocenters. The van der Waals surface area contributed by atoms with Crippen LogP contribution in [0.4, 0.5) is 0 Å². The third-order valence-corrected chi connectivity index (χ3v) is 3.38. The first-order valence-corrected chi connectivity index (χ1v) is 8.25. The lowest BCUT2D eigenvalue weighted by Gasteiger charge is -2.26. The summed E-state index contributed by atoms with van der Waals surface area (Å²) in [6.07, 6.45) is 1.43. The standard InChI is InChI=1S/C17H35N3O3/c1-15(2)17(22)23-14-16(21)13-20(11-7-9-18(3)4)12-8-10-19(5)6/h16,21H,1,7-14H2,2-6H3. The van der Waals surface area contributed by atoms with Crippen LogP contribution in [-0.2, 0) is 9.53 Å². The van der Waals surface area contributed by atoms with Gasteiger partial charge in [0.05, 0.1) is 0 Å². The first-order valence-electron chi connectivity index (χ1n) is 8.25. The van der Waals surface area contributed by atoms with Gasteiger partial charge in [0.15, 0.2) is 0 Å². The minimum atomic E-state index is -0.669. The highest BCUT2D eigenvalue weighted by Crippen LogP contribution is 2.01. The van der Waals surface area contributed by atoms with E-state index < -0.39 is 12.1 Å². The van der Waals surface area contributed by atoms with Gasteiger partial charge in [0, 0.05) is 12.1 Å². The molecule has 0 aliphatic rings. The lowest BCUT2D eigenvalue weighted by molar-refractivity contribution is -0.142. The van der Waals surface area contributed by atoms with Crippen molar-refractivity contribution in [1.82, 2.24) is 14.7 Å². The average Bonchev–Trinajstić information content (AvgIpc) is 2.43. The van der Waals surface area contributed by atoms with Gasteiger partial charge in [0.1, 0.15) is 12.7 Å². The van der Waals surface area contributed by atoms with E-state index in [-0.39, 0.29) is 6.61 Å². The SMILES string of the molecule is C=C(C)C(=O)OCC(O)CN(CCCN(C)C)CCCN(C)C. The molecule has 0 aromatic rings. The number of carbonyl (C=O) groups excluding carboxylic acids is 1. The summed E-state index contributed by atoms with van der Waals surface area (Å²) in [5.74, 6) is -0.448. The predicted octanol–water partition coefficient (Wildman–Crippen LogP) is 0.672. The smallest absolute Gasteiger partial charge is 0.333 e. The van der Waals surface area contributed by atoms with Gasteiger partial charge in [-0.25, -0.2) is 4.79 Å². The summed E-state index contributed by atoms with van der Waals surface area (Å²) in [5, 5.41) is 10.1. The molecule has 0 heterocycles. The molecule has 1 N–H and O–H groups in total. The number of aliphatic hydroxyl groups excluding tert-OH is 1. The molecule has 0 amide bonds. The van der Waals surface area contributed by atoms with Crippen LogP contribution in [0.5, 0.6) is 0 Å². The molecule has 0 saturated heterocycles. The number of esters is 1. The van der Waals surface area contributed by atoms with E-state index in [0.29, 0.717) is 12.1 Å². The molecule has 0 fully saturated rings. The maximum atomic E-state index is 11.4. The first-order chi connectivity index (χ1) is 10.7. The van der Waals surface area contributed by atoms with E-state index in [0.717, 1.165) is 39.0 Å². The van der Waals surface area contributed by atoms with Crippen molar-refractivity contribution >= 4 is 5.97 Å². The van der Waals surface area contributed by atoms with Crippen LogP contribution in [0.25, 0.3) is 0 Å². The Morgan fingerprint density at radius 3 is 1.91 bits per heavy atom. The number of hydrogen-bond acceptors (Lipinski definition) is 6. The number of rotatable bonds is 13. The van der Waals surface area contributed by atoms with Crippen molar-refractivity contribution in [1.29, 1.82) is 0 Å². The van der Waals surface area contributed by atoms with Crippen LogP contribution in [0.15, 0.2) is 12.2 Å². The number of ether oxygens (including phenoxy) is 1. The summed E-state index contributed by atoms with van der Waals surface area (Å²) >= 11 is 0. The van der Waals surface area contributed by atoms with Crippen molar-refractivity contribution in [2.75, 3.05) is 67.5 Å². The van der Waals surface area contributed by atoms with Crippen molar-refractivity contribution < 1.29 is 14.6 Å². The predicted molar refractivity (Wildman–Crippen MR) is 94.6 cm³/mol. The largest absolute Gasteiger partial charge is 0.460 e. The van der Waals surface area contributed by atoms with Crippen molar-refractivity contribution in [3.63, 3.8) is 0 Å². The zero-order valence-electron chi connectivity index (χ0n) is 15.5. The third kappa shape index (κ3) is 13.2. The van der Waals surface area contributed by atoms with Crippen molar-refractivity contribution in [2.24, 2.45) is 0 Å². The molecule has 6 heteroatoms. The lowest BCUT2D eigenvalue weighted by Crippen LogP contribution is -2.38. The van der Waals surface area contributed by atoms with Gasteiger partial charge < -0.3 is 24.5 Å². The van der Waals surface area contributed by atoms with Gasteiger partial charge in [-0.05, 0) is 74.1 Å². The van der Waals surface area contributed by atoms with E-state index >= 15 is 0 Å². The number of hydrogen-bond donors (Lipinski definition) is 1. The van der Waals surface area contributed by atoms with E-state index in [1.54, 1.807) is 6.92 Å². The zero-order chi connectivity index (χ0) is 17.8. The highest BCUT2D eigenvalue weighted by atomic mass is 16.5. The van der Waals surface area contributed by atoms with Crippen LogP contribution < -0.4 is 0 Å². The van der Waals surface area contributed by atoms with Gasteiger partial charge in [-0.2, -0.15) is 0 Å². The molecular formula is C17H35N3O3. The molecule has 0 saturated carbocycles.